The van der Waals surface area contributed by atoms with Crippen molar-refractivity contribution in [1.29, 1.82) is 0 Å². The Kier molecular flexibility index (Phi) is 7.32. The molecule has 0 heterocycles. The molecule has 2 rings (SSSR count). The molecule has 0 spiro atoms. The summed E-state index contributed by atoms with van der Waals surface area (Å²) in [5.74, 6) is -1.17. The summed E-state index contributed by atoms with van der Waals surface area (Å²) in [6.07, 6.45) is 0.978. The lowest BCUT2D eigenvalue weighted by Gasteiger charge is -2.26. The van der Waals surface area contributed by atoms with Gasteiger partial charge < -0.3 is 5.11 Å². The third kappa shape index (κ3) is 5.94. The Labute approximate surface area is 154 Å². The monoisotopic (exact) mass is 376 g/mol. The van der Waals surface area contributed by atoms with Gasteiger partial charge in [-0.25, -0.2) is 4.72 Å². The van der Waals surface area contributed by atoms with E-state index in [1.54, 1.807) is 0 Å². The minimum Gasteiger partial charge on any atom is -0.480 e. The maximum absolute atomic E-state index is 12.6. The highest BCUT2D eigenvalue weighted by Crippen LogP contribution is 2.10. The van der Waals surface area contributed by atoms with Gasteiger partial charge in [-0.05, 0) is 30.9 Å². The van der Waals surface area contributed by atoms with Crippen molar-refractivity contribution in [2.24, 2.45) is 0 Å². The molecule has 2 aromatic carbocycles. The van der Waals surface area contributed by atoms with Crippen LogP contribution in [0, 0.1) is 0 Å². The predicted octanol–water partition coefficient (Wildman–Crippen LogP) is 2.08. The van der Waals surface area contributed by atoms with Crippen molar-refractivity contribution in [3.63, 3.8) is 0 Å². The molecule has 0 fully saturated rings. The molecule has 0 saturated heterocycles. The van der Waals surface area contributed by atoms with E-state index in [0.717, 1.165) is 15.4 Å². The van der Waals surface area contributed by atoms with Crippen molar-refractivity contribution in [3.8, 4) is 0 Å². The van der Waals surface area contributed by atoms with Crippen LogP contribution in [0.3, 0.4) is 0 Å². The van der Waals surface area contributed by atoms with E-state index in [9.17, 15) is 18.3 Å². The smallest absolute Gasteiger partial charge is 0.321 e. The van der Waals surface area contributed by atoms with Gasteiger partial charge in [-0.3, -0.25) is 4.79 Å². The Morgan fingerprint density at radius 3 is 2.00 bits per heavy atom. The number of benzene rings is 2. The van der Waals surface area contributed by atoms with Crippen LogP contribution in [-0.4, -0.2) is 42.9 Å². The van der Waals surface area contributed by atoms with E-state index in [1.807, 2.05) is 60.7 Å². The Morgan fingerprint density at radius 1 is 1.00 bits per heavy atom. The fourth-order valence-corrected chi connectivity index (χ4v) is 3.95. The molecule has 0 unspecified atom stereocenters. The second kappa shape index (κ2) is 9.47. The molecule has 2 aromatic rings. The molecule has 2 N–H and O–H groups in total. The summed E-state index contributed by atoms with van der Waals surface area (Å²) in [4.78, 5) is 11.4. The van der Waals surface area contributed by atoms with Gasteiger partial charge in [-0.2, -0.15) is 12.7 Å². The number of nitrogens with zero attached hydrogens (tertiary/aromatic N) is 1. The van der Waals surface area contributed by atoms with Gasteiger partial charge in [0.15, 0.2) is 0 Å². The van der Waals surface area contributed by atoms with Crippen LogP contribution in [-0.2, 0) is 27.8 Å². The topological polar surface area (TPSA) is 86.7 Å². The van der Waals surface area contributed by atoms with Gasteiger partial charge in [0.25, 0.3) is 10.2 Å². The highest BCUT2D eigenvalue weighted by atomic mass is 32.2. The molecule has 0 saturated carbocycles. The third-order valence-electron chi connectivity index (χ3n) is 4.10. The normalized spacial score (nSPS) is 12.8. The highest BCUT2D eigenvalue weighted by Gasteiger charge is 2.30. The Bertz CT molecular complexity index is 795. The van der Waals surface area contributed by atoms with Crippen LogP contribution >= 0.6 is 0 Å². The van der Waals surface area contributed by atoms with Gasteiger partial charge in [0.2, 0.25) is 0 Å². The standard InChI is InChI=1S/C19H24N2O4S/c1-16(19(22)23)21(15-13-18-10-6-3-7-11-18)26(24,25)20-14-12-17-8-4-2-5-9-17/h2-11,16,20H,12-15H2,1H3,(H,22,23)/t16-/m1/s1. The van der Waals surface area contributed by atoms with Crippen LogP contribution in [0.1, 0.15) is 18.1 Å². The first-order valence-corrected chi connectivity index (χ1v) is 9.91. The summed E-state index contributed by atoms with van der Waals surface area (Å²) < 4.78 is 28.8. The van der Waals surface area contributed by atoms with E-state index in [1.165, 1.54) is 6.92 Å². The first-order valence-electron chi connectivity index (χ1n) is 8.47. The van der Waals surface area contributed by atoms with Crippen molar-refractivity contribution in [2.45, 2.75) is 25.8 Å². The molecule has 26 heavy (non-hydrogen) atoms. The molecule has 0 bridgehead atoms. The van der Waals surface area contributed by atoms with Gasteiger partial charge in [0.05, 0.1) is 0 Å². The number of rotatable bonds is 10. The summed E-state index contributed by atoms with van der Waals surface area (Å²) >= 11 is 0. The van der Waals surface area contributed by atoms with Gasteiger partial charge >= 0.3 is 5.97 Å². The van der Waals surface area contributed by atoms with E-state index in [0.29, 0.717) is 12.8 Å². The van der Waals surface area contributed by atoms with Crippen LogP contribution in [0.15, 0.2) is 60.7 Å². The van der Waals surface area contributed by atoms with Crippen molar-refractivity contribution >= 4 is 16.2 Å². The van der Waals surface area contributed by atoms with E-state index in [-0.39, 0.29) is 13.1 Å². The fourth-order valence-electron chi connectivity index (χ4n) is 2.58. The number of aliphatic carboxylic acids is 1. The molecule has 6 nitrogen and oxygen atoms in total. The minimum absolute atomic E-state index is 0.0954. The summed E-state index contributed by atoms with van der Waals surface area (Å²) in [5, 5.41) is 9.28. The maximum atomic E-state index is 12.6. The second-order valence-electron chi connectivity index (χ2n) is 6.00. The number of nitrogens with one attached hydrogen (secondary N) is 1. The van der Waals surface area contributed by atoms with Crippen molar-refractivity contribution in [2.75, 3.05) is 13.1 Å². The van der Waals surface area contributed by atoms with Gasteiger partial charge in [0, 0.05) is 13.1 Å². The van der Waals surface area contributed by atoms with Crippen LogP contribution in [0.2, 0.25) is 0 Å². The lowest BCUT2D eigenvalue weighted by molar-refractivity contribution is -0.140. The Morgan fingerprint density at radius 2 is 1.50 bits per heavy atom. The first-order chi connectivity index (χ1) is 12.4. The number of carboxylic acids is 1. The molecular formula is C19H24N2O4S. The number of hydrogen-bond donors (Lipinski definition) is 2. The molecule has 0 radical (unpaired) electrons. The summed E-state index contributed by atoms with van der Waals surface area (Å²) in [6.45, 7) is 1.68. The quantitative estimate of drug-likeness (QED) is 0.665. The zero-order valence-corrected chi connectivity index (χ0v) is 15.5. The molecule has 0 aliphatic carbocycles. The lowest BCUT2D eigenvalue weighted by atomic mass is 10.1. The number of carboxylic acid groups (broad SMARTS) is 1. The van der Waals surface area contributed by atoms with Crippen molar-refractivity contribution < 1.29 is 18.3 Å². The number of hydrogen-bond acceptors (Lipinski definition) is 3. The lowest BCUT2D eigenvalue weighted by Crippen LogP contribution is -2.49. The molecule has 0 aliphatic heterocycles. The zero-order chi connectivity index (χ0) is 19.0. The van der Waals surface area contributed by atoms with E-state index >= 15 is 0 Å². The second-order valence-corrected chi connectivity index (χ2v) is 7.70. The SMILES string of the molecule is C[C@H](C(=O)O)N(CCc1ccccc1)S(=O)(=O)NCCc1ccccc1. The summed E-state index contributed by atoms with van der Waals surface area (Å²) in [5.41, 5.74) is 1.96. The van der Waals surface area contributed by atoms with Gasteiger partial charge in [0.1, 0.15) is 6.04 Å². The van der Waals surface area contributed by atoms with Crippen molar-refractivity contribution in [3.05, 3.63) is 71.8 Å². The minimum atomic E-state index is -3.90. The zero-order valence-electron chi connectivity index (χ0n) is 14.7. The van der Waals surface area contributed by atoms with E-state index in [4.69, 9.17) is 0 Å². The van der Waals surface area contributed by atoms with Gasteiger partial charge in [-0.15, -0.1) is 0 Å². The molecule has 1 atom stereocenters. The molecule has 0 amide bonds. The molecule has 0 aromatic heterocycles. The van der Waals surface area contributed by atoms with E-state index in [2.05, 4.69) is 4.72 Å². The average molecular weight is 376 g/mol. The maximum Gasteiger partial charge on any atom is 0.321 e. The Hall–Kier alpha value is -2.22. The fraction of sp³-hybridized carbons (Fsp3) is 0.316. The highest BCUT2D eigenvalue weighted by molar-refractivity contribution is 7.87. The van der Waals surface area contributed by atoms with E-state index < -0.39 is 22.2 Å². The van der Waals surface area contributed by atoms with Gasteiger partial charge in [-0.1, -0.05) is 60.7 Å². The Balaban J connectivity index is 2.03. The molecule has 140 valence electrons. The largest absolute Gasteiger partial charge is 0.480 e. The molecule has 0 aliphatic rings. The van der Waals surface area contributed by atoms with Crippen LogP contribution in [0.4, 0.5) is 0 Å². The average Bonchev–Trinajstić information content (AvgIpc) is 2.63. The summed E-state index contributed by atoms with van der Waals surface area (Å²) in [7, 11) is -3.90. The third-order valence-corrected chi connectivity index (χ3v) is 5.79. The first kappa shape index (κ1) is 20.1. The van der Waals surface area contributed by atoms with Crippen LogP contribution in [0.25, 0.3) is 0 Å². The molecule has 7 heteroatoms. The predicted molar refractivity (Wildman–Crippen MR) is 101 cm³/mol. The number of carbonyl (C=O) groups is 1. The van der Waals surface area contributed by atoms with Crippen molar-refractivity contribution in [1.82, 2.24) is 9.03 Å². The van der Waals surface area contributed by atoms with Crippen LogP contribution in [0.5, 0.6) is 0 Å². The summed E-state index contributed by atoms with van der Waals surface area (Å²) in [6, 6.07) is 17.8. The van der Waals surface area contributed by atoms with Crippen LogP contribution < -0.4 is 4.72 Å². The molecular weight excluding hydrogens is 352 g/mol.